The van der Waals surface area contributed by atoms with E-state index in [-0.39, 0.29) is 5.41 Å². The maximum absolute atomic E-state index is 6.03. The number of hydrogen-bond acceptors (Lipinski definition) is 28. The molecule has 37 heteroatoms. The van der Waals surface area contributed by atoms with Gasteiger partial charge >= 0.3 is 0 Å². The molecule has 20 heterocycles. The van der Waals surface area contributed by atoms with Crippen molar-refractivity contribution in [2.75, 3.05) is 238 Å². The average Bonchev–Trinajstić information content (AvgIpc) is 1.62. The van der Waals surface area contributed by atoms with Crippen LogP contribution in [-0.4, -0.2) is 452 Å². The molecule has 41 unspecified atom stereocenters. The van der Waals surface area contributed by atoms with Crippen LogP contribution in [0.4, 0.5) is 0 Å². The lowest BCUT2D eigenvalue weighted by Crippen LogP contribution is -2.46. The molecule has 16 bridgehead atoms. The van der Waals surface area contributed by atoms with Gasteiger partial charge in [-0.2, -0.15) is 0 Å². The van der Waals surface area contributed by atoms with Gasteiger partial charge in [0.15, 0.2) is 0 Å². The summed E-state index contributed by atoms with van der Waals surface area (Å²) < 4.78 is 156. The van der Waals surface area contributed by atoms with E-state index in [0.717, 1.165) is 360 Å². The summed E-state index contributed by atoms with van der Waals surface area (Å²) in [5.74, 6) is 11.2. The van der Waals surface area contributed by atoms with E-state index < -0.39 is 0 Å². The molecular weight excluding hydrogens is 1970 g/mol. The molecule has 41 atom stereocenters. The first-order chi connectivity index (χ1) is 69.7. The van der Waals surface area contributed by atoms with E-state index in [2.05, 4.69) is 13.8 Å². The summed E-state index contributed by atoms with van der Waals surface area (Å²) in [4.78, 5) is 0. The number of fused-ring (bicyclic) bond motifs is 16. The molecule has 28 fully saturated rings. The zero-order valence-corrected chi connectivity index (χ0v) is 108. The lowest BCUT2D eigenvalue weighted by molar-refractivity contribution is -0.153. The van der Waals surface area contributed by atoms with Gasteiger partial charge in [0.1, 0.15) is 61.0 Å². The van der Waals surface area contributed by atoms with E-state index in [1.165, 1.54) is 227 Å². The highest BCUT2D eigenvalue weighted by molar-refractivity contribution is 6.14. The fourth-order valence-corrected chi connectivity index (χ4v) is 38.9. The van der Waals surface area contributed by atoms with Gasteiger partial charge in [0.05, 0.1) is 286 Å². The number of epoxide rings is 10. The van der Waals surface area contributed by atoms with E-state index in [1.807, 2.05) is 0 Å². The van der Waals surface area contributed by atoms with Crippen LogP contribution in [0.5, 0.6) is 0 Å². The van der Waals surface area contributed by atoms with Crippen LogP contribution >= 0.6 is 0 Å². The van der Waals surface area contributed by atoms with Gasteiger partial charge in [-0.1, -0.05) is 61.3 Å². The first kappa shape index (κ1) is 111. The zero-order chi connectivity index (χ0) is 98.2. The Bertz CT molecular complexity index is 3720. The molecule has 0 radical (unpaired) electrons. The average molecular weight is 2170 g/mol. The van der Waals surface area contributed by atoms with Crippen LogP contribution in [0.15, 0.2) is 0 Å². The quantitative estimate of drug-likeness (QED) is 0.0476. The molecule has 0 aromatic carbocycles. The molecule has 820 valence electrons. The Morgan fingerprint density at radius 3 is 1.16 bits per heavy atom. The summed E-state index contributed by atoms with van der Waals surface area (Å²) in [6, 6.07) is 1.36. The maximum atomic E-state index is 6.03. The van der Waals surface area contributed by atoms with Crippen LogP contribution in [-0.2, 0) is 133 Å². The van der Waals surface area contributed by atoms with Crippen molar-refractivity contribution < 1.29 is 133 Å². The molecule has 20 aliphatic heterocycles. The van der Waals surface area contributed by atoms with Crippen molar-refractivity contribution in [3.63, 3.8) is 0 Å². The molecule has 0 N–H and O–H groups in total. The van der Waals surface area contributed by atoms with Crippen molar-refractivity contribution in [1.29, 1.82) is 0 Å². The molecule has 28 nitrogen and oxygen atoms in total. The fraction of sp³-hybridized carbons (Fsp3) is 1.00. The number of hydrogen-bond donors (Lipinski definition) is 0. The summed E-state index contributed by atoms with van der Waals surface area (Å²) >= 11 is 0. The van der Waals surface area contributed by atoms with E-state index in [0.29, 0.717) is 150 Å². The molecule has 0 spiro atoms. The number of rotatable bonds is 49. The summed E-state index contributed by atoms with van der Waals surface area (Å²) in [6.07, 6.45) is 37.9. The third kappa shape index (κ3) is 31.7. The molecule has 0 aromatic heterocycles. The Kier molecular flexibility index (Phi) is 40.3. The SMILES string of the molecule is CCC1(COCC2CC3CC2CC3[SiH3])COC1.CCC1(COCCC[SiH3])COC1.[SiH3]C1CC2CC(COCC3CO3)C1O2.[SiH3]C1CC2CC(OCC3CO3)C1O2.[SiH3]C1CC2CC1C(COCC1CO1)(COCC1CO1)C2.[SiH3]C1CC2CC1C(COCC1CO1)C2COCC1CO1.[SiH3]C1CC2CC1CC2(COCC1CO1)COCC1CO1.[SiH3]C1CC2OC1CC2COCC1CO1.[SiH3]C1CC2OC1CC2OCC1CO1. The third-order valence-corrected chi connectivity index (χ3v) is 50.2. The Balaban J connectivity index is 0.0000000989. The third-order valence-electron chi connectivity index (χ3n) is 39.4. The van der Waals surface area contributed by atoms with E-state index >= 15 is 0 Å². The fourth-order valence-electron chi connectivity index (χ4n) is 29.2. The molecule has 0 amide bonds. The number of ether oxygens (including phenoxy) is 28. The molecule has 143 heavy (non-hydrogen) atoms. The second-order valence-electron chi connectivity index (χ2n) is 51.4. The summed E-state index contributed by atoms with van der Waals surface area (Å²) in [5.41, 5.74) is 8.94. The summed E-state index contributed by atoms with van der Waals surface area (Å²) in [6.45, 7) is 35.8. The van der Waals surface area contributed by atoms with Crippen LogP contribution < -0.4 is 0 Å². The monoisotopic (exact) mass is 2170 g/mol. The van der Waals surface area contributed by atoms with Crippen LogP contribution in [0.25, 0.3) is 0 Å². The Morgan fingerprint density at radius 1 is 0.287 bits per heavy atom. The molecule has 28 rings (SSSR count). The Labute approximate surface area is 883 Å². The van der Waals surface area contributed by atoms with E-state index in [9.17, 15) is 0 Å². The van der Waals surface area contributed by atoms with Gasteiger partial charge in [-0.15, -0.1) is 0 Å². The van der Waals surface area contributed by atoms with Gasteiger partial charge in [0, 0.05) is 152 Å². The predicted molar refractivity (Wildman–Crippen MR) is 574 cm³/mol. The van der Waals surface area contributed by atoms with Crippen molar-refractivity contribution in [2.24, 2.45) is 98.6 Å². The first-order valence-electron chi connectivity index (χ1n) is 58.6. The molecule has 8 aliphatic carbocycles. The van der Waals surface area contributed by atoms with Crippen LogP contribution in [0, 0.1) is 98.6 Å². The lowest BCUT2D eigenvalue weighted by atomic mass is 9.74. The van der Waals surface area contributed by atoms with Crippen LogP contribution in [0.2, 0.25) is 50.4 Å². The Morgan fingerprint density at radius 2 is 0.741 bits per heavy atom. The smallest absolute Gasteiger partial charge is 0.104 e. The van der Waals surface area contributed by atoms with Gasteiger partial charge in [0.2, 0.25) is 0 Å². The second kappa shape index (κ2) is 52.1. The second-order valence-corrected chi connectivity index (χ2v) is 64.3. The van der Waals surface area contributed by atoms with Gasteiger partial charge in [0.25, 0.3) is 0 Å². The normalized spacial score (nSPS) is 46.8. The van der Waals surface area contributed by atoms with Crippen molar-refractivity contribution in [3.05, 3.63) is 0 Å². The molecular formula is C106H192O28Si9. The van der Waals surface area contributed by atoms with Crippen LogP contribution in [0.1, 0.15) is 155 Å². The van der Waals surface area contributed by atoms with Crippen molar-refractivity contribution >= 4 is 92.2 Å². The first-order valence-corrected chi connectivity index (χ1v) is 69.3. The lowest BCUT2D eigenvalue weighted by Gasteiger charge is -2.40. The van der Waals surface area contributed by atoms with Crippen molar-refractivity contribution in [3.8, 4) is 0 Å². The maximum Gasteiger partial charge on any atom is 0.104 e. The zero-order valence-electron chi connectivity index (χ0n) is 89.8. The van der Waals surface area contributed by atoms with Gasteiger partial charge in [-0.05, 0) is 196 Å². The van der Waals surface area contributed by atoms with Crippen molar-refractivity contribution in [2.45, 2.75) is 328 Å². The standard InChI is InChI=1S/3C15H26O4Si.C14H26O2Si.2C10H18O3Si.2C9H16O3Si.C9H20O2Si/c20-14-2-11-1-10(14)3-15(11,8-16-4-12-6-18-12)9-17-5-13-7-19-13;20-14-2-10-1-13(14)15(3-10,8-16-4-11-6-18-11)9-17-5-12-7-19-12;20-15-2-9-1-12(15)14(8-17-4-11-6-19-11)13(9)7-16-3-10-5-18-10;1-2-14(8-16-9-14)7-15-6-12-4-11-3-10(12)5-13(11)17;14-10-2-8-6(1-9(10)13-8)3-11-4-7-5-12-7;14-9-2-7-1-6(10(9)13-7)3-11-4-8-5-12-8;13-9-2-7-6(1-8(9)12-7)11-4-5-3-10-5;13-8-2-5-1-7(9(8)12-5)11-4-6-3-10-6;1-2-9(7-11-8-9)6-10-4-3-5-12/h2*10-14H,1-9H2,20H3;9-15H,1-8H2,20H3;10-13H,2-9H2,1,17H3;2*6-10H,1-5H2,14H3;2*5-9H,1-4H2,13H3;2-8H2,1,12H3. The minimum Gasteiger partial charge on any atom is -0.381 e. The van der Waals surface area contributed by atoms with E-state index in [4.69, 9.17) is 133 Å². The van der Waals surface area contributed by atoms with Gasteiger partial charge in [-0.25, -0.2) is 0 Å². The highest BCUT2D eigenvalue weighted by Crippen LogP contribution is 2.63. The summed E-state index contributed by atoms with van der Waals surface area (Å²) in [7, 11) is 11.8. The van der Waals surface area contributed by atoms with E-state index in [1.54, 1.807) is 0 Å². The topological polar surface area (TPSA) is 291 Å². The molecule has 20 saturated heterocycles. The van der Waals surface area contributed by atoms with Gasteiger partial charge < -0.3 is 133 Å². The van der Waals surface area contributed by atoms with Gasteiger partial charge in [-0.3, -0.25) is 0 Å². The molecule has 8 saturated carbocycles. The predicted octanol–water partition coefficient (Wildman–Crippen LogP) is 1.69. The minimum absolute atomic E-state index is 0.287. The van der Waals surface area contributed by atoms with Crippen LogP contribution in [0.3, 0.4) is 0 Å². The molecule has 28 aliphatic rings. The Hall–Kier alpha value is 0.832. The minimum atomic E-state index is 0.287. The summed E-state index contributed by atoms with van der Waals surface area (Å²) in [5, 5.41) is 0. The highest BCUT2D eigenvalue weighted by atomic mass is 28.2. The highest BCUT2D eigenvalue weighted by Gasteiger charge is 2.59. The molecule has 0 aromatic rings. The largest absolute Gasteiger partial charge is 0.381 e. The van der Waals surface area contributed by atoms with Crippen molar-refractivity contribution in [1.82, 2.24) is 0 Å².